The molecule has 1 aromatic carbocycles. The summed E-state index contributed by atoms with van der Waals surface area (Å²) in [7, 11) is 1.30. The molecule has 0 aliphatic carbocycles. The number of alkyl halides is 3. The quantitative estimate of drug-likeness (QED) is 0.611. The number of halogens is 3. The molecule has 0 bridgehead atoms. The molecule has 5 heteroatoms. The Bertz CT molecular complexity index is 419. The van der Waals surface area contributed by atoms with Crippen molar-refractivity contribution in [2.75, 3.05) is 7.11 Å². The highest BCUT2D eigenvalue weighted by molar-refractivity contribution is 5.70. The number of hydrogen-bond acceptors (Lipinski definition) is 2. The smallest absolute Gasteiger partial charge is 0.416 e. The lowest BCUT2D eigenvalue weighted by molar-refractivity contribution is -0.139. The van der Waals surface area contributed by atoms with E-state index in [-0.39, 0.29) is 12.4 Å². The van der Waals surface area contributed by atoms with Crippen LogP contribution in [-0.4, -0.2) is 13.1 Å². The van der Waals surface area contributed by atoms with E-state index in [1.165, 1.54) is 19.2 Å². The molecule has 0 heterocycles. The fourth-order valence-electron chi connectivity index (χ4n) is 1.31. The topological polar surface area (TPSA) is 26.3 Å². The van der Waals surface area contributed by atoms with Crippen molar-refractivity contribution in [1.82, 2.24) is 0 Å². The van der Waals surface area contributed by atoms with Gasteiger partial charge in [0.1, 0.15) is 0 Å². The molecule has 2 nitrogen and oxygen atoms in total. The van der Waals surface area contributed by atoms with Crippen molar-refractivity contribution >= 4 is 5.97 Å². The van der Waals surface area contributed by atoms with Crippen molar-refractivity contribution in [3.8, 4) is 0 Å². The average molecular weight is 258 g/mol. The Labute approximate surface area is 103 Å². The van der Waals surface area contributed by atoms with E-state index >= 15 is 0 Å². The van der Waals surface area contributed by atoms with Crippen LogP contribution in [0.4, 0.5) is 13.2 Å². The fraction of sp³-hybridized carbons (Fsp3) is 0.308. The molecule has 0 aliphatic rings. The molecule has 0 unspecified atom stereocenters. The van der Waals surface area contributed by atoms with Crippen molar-refractivity contribution in [1.29, 1.82) is 0 Å². The number of allylic oxidation sites excluding steroid dienone is 1. The van der Waals surface area contributed by atoms with Crippen LogP contribution in [0.5, 0.6) is 0 Å². The van der Waals surface area contributed by atoms with Gasteiger partial charge in [0.25, 0.3) is 0 Å². The Kier molecular flexibility index (Phi) is 4.95. The Hall–Kier alpha value is -1.78. The second kappa shape index (κ2) is 6.23. The standard InChI is InChI=1S/C13H13F3O2/c1-18-12(17)5-3-2-4-10-6-8-11(9-7-10)13(14,15)16/h2-3,6-9H,4-5H2,1H3/b3-2-. The van der Waals surface area contributed by atoms with Gasteiger partial charge in [-0.15, -0.1) is 0 Å². The SMILES string of the molecule is COC(=O)C/C=C\Cc1ccc(C(F)(F)F)cc1. The molecule has 0 aliphatic heterocycles. The number of ether oxygens (including phenoxy) is 1. The Balaban J connectivity index is 2.52. The predicted molar refractivity (Wildman–Crippen MR) is 60.9 cm³/mol. The summed E-state index contributed by atoms with van der Waals surface area (Å²) < 4.78 is 41.3. The summed E-state index contributed by atoms with van der Waals surface area (Å²) in [5, 5.41) is 0. The Morgan fingerprint density at radius 2 is 1.83 bits per heavy atom. The van der Waals surface area contributed by atoms with Crippen LogP contribution in [-0.2, 0) is 22.1 Å². The van der Waals surface area contributed by atoms with Crippen LogP contribution in [0.15, 0.2) is 36.4 Å². The lowest BCUT2D eigenvalue weighted by atomic mass is 10.1. The highest BCUT2D eigenvalue weighted by Crippen LogP contribution is 2.29. The number of rotatable bonds is 4. The van der Waals surface area contributed by atoms with E-state index in [1.54, 1.807) is 12.2 Å². The van der Waals surface area contributed by atoms with Gasteiger partial charge >= 0.3 is 12.1 Å². The zero-order valence-corrected chi connectivity index (χ0v) is 9.83. The molecule has 0 saturated heterocycles. The van der Waals surface area contributed by atoms with Crippen LogP contribution in [0.1, 0.15) is 17.5 Å². The summed E-state index contributed by atoms with van der Waals surface area (Å²) in [6, 6.07) is 4.93. The molecule has 0 fully saturated rings. The van der Waals surface area contributed by atoms with E-state index in [0.29, 0.717) is 6.42 Å². The number of carbonyl (C=O) groups excluding carboxylic acids is 1. The van der Waals surface area contributed by atoms with Crippen molar-refractivity contribution in [2.24, 2.45) is 0 Å². The zero-order valence-electron chi connectivity index (χ0n) is 9.83. The van der Waals surface area contributed by atoms with Gasteiger partial charge in [0.2, 0.25) is 0 Å². The fourth-order valence-corrected chi connectivity index (χ4v) is 1.31. The molecule has 0 amide bonds. The average Bonchev–Trinajstić information content (AvgIpc) is 2.33. The summed E-state index contributed by atoms with van der Waals surface area (Å²) >= 11 is 0. The molecule has 1 aromatic rings. The van der Waals surface area contributed by atoms with Crippen LogP contribution in [0.3, 0.4) is 0 Å². The molecule has 0 radical (unpaired) electrons. The van der Waals surface area contributed by atoms with Gasteiger partial charge in [-0.25, -0.2) is 0 Å². The van der Waals surface area contributed by atoms with Gasteiger partial charge < -0.3 is 4.74 Å². The van der Waals surface area contributed by atoms with Gasteiger partial charge in [-0.3, -0.25) is 4.79 Å². The van der Waals surface area contributed by atoms with Gasteiger partial charge in [-0.2, -0.15) is 13.2 Å². The highest BCUT2D eigenvalue weighted by Gasteiger charge is 2.29. The third kappa shape index (κ3) is 4.61. The van der Waals surface area contributed by atoms with Gasteiger partial charge in [-0.1, -0.05) is 24.3 Å². The van der Waals surface area contributed by atoms with Gasteiger partial charge in [0.05, 0.1) is 19.1 Å². The summed E-state index contributed by atoms with van der Waals surface area (Å²) in [5.41, 5.74) is 0.0916. The highest BCUT2D eigenvalue weighted by atomic mass is 19.4. The first-order chi connectivity index (χ1) is 8.43. The van der Waals surface area contributed by atoms with E-state index in [9.17, 15) is 18.0 Å². The lowest BCUT2D eigenvalue weighted by Gasteiger charge is -2.06. The molecule has 98 valence electrons. The monoisotopic (exact) mass is 258 g/mol. The van der Waals surface area contributed by atoms with Crippen LogP contribution in [0.25, 0.3) is 0 Å². The molecule has 0 spiro atoms. The number of methoxy groups -OCH3 is 1. The summed E-state index contributed by atoms with van der Waals surface area (Å²) in [5.74, 6) is -0.348. The third-order valence-electron chi connectivity index (χ3n) is 2.31. The molecular weight excluding hydrogens is 245 g/mol. The molecule has 0 atom stereocenters. The van der Waals surface area contributed by atoms with Crippen LogP contribution >= 0.6 is 0 Å². The van der Waals surface area contributed by atoms with E-state index < -0.39 is 11.7 Å². The number of esters is 1. The minimum atomic E-state index is -4.31. The van der Waals surface area contributed by atoms with Gasteiger partial charge in [-0.05, 0) is 24.1 Å². The number of carbonyl (C=O) groups is 1. The van der Waals surface area contributed by atoms with E-state index in [1.807, 2.05) is 0 Å². The summed E-state index contributed by atoms with van der Waals surface area (Å²) in [6.07, 6.45) is -0.311. The summed E-state index contributed by atoms with van der Waals surface area (Å²) in [6.45, 7) is 0. The molecule has 1 rings (SSSR count). The molecule has 0 N–H and O–H groups in total. The van der Waals surface area contributed by atoms with Crippen molar-refractivity contribution in [2.45, 2.75) is 19.0 Å². The number of benzene rings is 1. The second-order valence-electron chi connectivity index (χ2n) is 3.65. The molecule has 18 heavy (non-hydrogen) atoms. The maximum Gasteiger partial charge on any atom is 0.416 e. The largest absolute Gasteiger partial charge is 0.469 e. The van der Waals surface area contributed by atoms with Crippen molar-refractivity contribution < 1.29 is 22.7 Å². The lowest BCUT2D eigenvalue weighted by Crippen LogP contribution is -2.04. The minimum absolute atomic E-state index is 0.164. The number of hydrogen-bond donors (Lipinski definition) is 0. The van der Waals surface area contributed by atoms with Crippen molar-refractivity contribution in [3.05, 3.63) is 47.5 Å². The first-order valence-electron chi connectivity index (χ1n) is 5.31. The Morgan fingerprint density at radius 3 is 2.33 bits per heavy atom. The maximum atomic E-state index is 12.3. The van der Waals surface area contributed by atoms with Crippen molar-refractivity contribution in [3.63, 3.8) is 0 Å². The van der Waals surface area contributed by atoms with Gasteiger partial charge in [0.15, 0.2) is 0 Å². The molecule has 0 saturated carbocycles. The first-order valence-corrected chi connectivity index (χ1v) is 5.31. The minimum Gasteiger partial charge on any atom is -0.469 e. The predicted octanol–water partition coefficient (Wildman–Crippen LogP) is 3.37. The maximum absolute atomic E-state index is 12.3. The third-order valence-corrected chi connectivity index (χ3v) is 2.31. The van der Waals surface area contributed by atoms with Crippen LogP contribution in [0.2, 0.25) is 0 Å². The molecular formula is C13H13F3O2. The molecule has 0 aromatic heterocycles. The van der Waals surface area contributed by atoms with E-state index in [0.717, 1.165) is 17.7 Å². The first kappa shape index (κ1) is 14.3. The van der Waals surface area contributed by atoms with Gasteiger partial charge in [0, 0.05) is 0 Å². The van der Waals surface area contributed by atoms with Crippen LogP contribution < -0.4 is 0 Å². The van der Waals surface area contributed by atoms with E-state index in [2.05, 4.69) is 4.74 Å². The normalized spacial score (nSPS) is 11.8. The van der Waals surface area contributed by atoms with E-state index in [4.69, 9.17) is 0 Å². The summed E-state index contributed by atoms with van der Waals surface area (Å²) in [4.78, 5) is 10.8. The Morgan fingerprint density at radius 1 is 1.22 bits per heavy atom. The zero-order chi connectivity index (χ0) is 13.6. The van der Waals surface area contributed by atoms with Crippen LogP contribution in [0, 0.1) is 0 Å². The second-order valence-corrected chi connectivity index (χ2v) is 3.65.